The van der Waals surface area contributed by atoms with Gasteiger partial charge in [0.05, 0.1) is 28.9 Å². The molecule has 1 amide bonds. The second-order valence-corrected chi connectivity index (χ2v) is 7.53. The first-order valence-electron chi connectivity index (χ1n) is 8.80. The third kappa shape index (κ3) is 4.37. The molecule has 1 heterocycles. The fourth-order valence-electron chi connectivity index (χ4n) is 2.92. The lowest BCUT2D eigenvalue weighted by Crippen LogP contribution is -2.27. The number of hydrogen-bond acceptors (Lipinski definition) is 2. The molecule has 0 bridgehead atoms. The predicted octanol–water partition coefficient (Wildman–Crippen LogP) is 5.49. The Labute approximate surface area is 173 Å². The molecule has 28 heavy (non-hydrogen) atoms. The highest BCUT2D eigenvalue weighted by Crippen LogP contribution is 2.24. The second kappa shape index (κ2) is 8.33. The minimum absolute atomic E-state index is 0.0127. The summed E-state index contributed by atoms with van der Waals surface area (Å²) in [6.45, 7) is 6.02. The first-order valence-corrected chi connectivity index (χ1v) is 9.56. The smallest absolute Gasteiger partial charge is 0.256 e. The van der Waals surface area contributed by atoms with Crippen molar-refractivity contribution >= 4 is 29.1 Å². The Morgan fingerprint density at radius 2 is 1.86 bits per heavy atom. The van der Waals surface area contributed by atoms with Gasteiger partial charge in [-0.3, -0.25) is 4.79 Å². The number of carbonyl (C=O) groups excluding carboxylic acids is 1. The first kappa shape index (κ1) is 20.4. The molecule has 1 aromatic heterocycles. The first-order chi connectivity index (χ1) is 13.3. The number of nitrogens with zero attached hydrogens (tertiary/aromatic N) is 2. The Morgan fingerprint density at radius 1 is 1.18 bits per heavy atom. The number of aromatic nitrogens is 2. The van der Waals surface area contributed by atoms with E-state index in [0.717, 1.165) is 5.56 Å². The van der Waals surface area contributed by atoms with E-state index in [1.54, 1.807) is 24.6 Å². The number of hydrogen-bond donors (Lipinski definition) is 1. The molecule has 1 atom stereocenters. The summed E-state index contributed by atoms with van der Waals surface area (Å²) in [5.41, 5.74) is 3.77. The number of aryl methyl sites for hydroxylation is 2. The zero-order valence-corrected chi connectivity index (χ0v) is 17.3. The molecule has 0 saturated carbocycles. The average Bonchev–Trinajstić information content (AvgIpc) is 2.92. The van der Waals surface area contributed by atoms with Gasteiger partial charge in [0.15, 0.2) is 0 Å². The largest absolute Gasteiger partial charge is 0.345 e. The third-order valence-electron chi connectivity index (χ3n) is 4.54. The summed E-state index contributed by atoms with van der Waals surface area (Å²) in [5.74, 6) is -0.842. The molecule has 0 aliphatic rings. The predicted molar refractivity (Wildman–Crippen MR) is 110 cm³/mol. The highest BCUT2D eigenvalue weighted by molar-refractivity contribution is 6.33. The number of halogens is 3. The van der Waals surface area contributed by atoms with Crippen molar-refractivity contribution in [3.63, 3.8) is 0 Å². The molecule has 0 fully saturated rings. The van der Waals surface area contributed by atoms with Crippen molar-refractivity contribution in [3.05, 3.63) is 86.4 Å². The molecular weight excluding hydrogens is 400 g/mol. The summed E-state index contributed by atoms with van der Waals surface area (Å²) in [6.07, 6.45) is 0. The molecule has 3 rings (SSSR count). The van der Waals surface area contributed by atoms with Crippen molar-refractivity contribution in [2.75, 3.05) is 0 Å². The Kier molecular flexibility index (Phi) is 6.06. The number of amides is 1. The van der Waals surface area contributed by atoms with Gasteiger partial charge in [0.1, 0.15) is 11.0 Å². The van der Waals surface area contributed by atoms with Crippen LogP contribution in [0.1, 0.15) is 45.7 Å². The summed E-state index contributed by atoms with van der Waals surface area (Å²) in [4.78, 5) is 12.8. The average molecular weight is 420 g/mol. The minimum atomic E-state index is -0.500. The number of nitrogens with one attached hydrogen (secondary N) is 1. The van der Waals surface area contributed by atoms with Crippen LogP contribution >= 0.6 is 23.2 Å². The van der Waals surface area contributed by atoms with Gasteiger partial charge in [-0.1, -0.05) is 59.1 Å². The van der Waals surface area contributed by atoms with Crippen LogP contribution in [0.4, 0.5) is 4.39 Å². The van der Waals surface area contributed by atoms with Crippen LogP contribution in [0.15, 0.2) is 42.5 Å². The summed E-state index contributed by atoms with van der Waals surface area (Å²) >= 11 is 12.3. The van der Waals surface area contributed by atoms with E-state index in [1.165, 1.54) is 17.7 Å². The fourth-order valence-corrected chi connectivity index (χ4v) is 3.43. The van der Waals surface area contributed by atoms with Gasteiger partial charge in [0.2, 0.25) is 0 Å². The summed E-state index contributed by atoms with van der Waals surface area (Å²) < 4.78 is 15.0. The van der Waals surface area contributed by atoms with E-state index in [0.29, 0.717) is 23.4 Å². The fraction of sp³-hybridized carbons (Fsp3) is 0.238. The van der Waals surface area contributed by atoms with Crippen molar-refractivity contribution < 1.29 is 9.18 Å². The van der Waals surface area contributed by atoms with Gasteiger partial charge in [-0.2, -0.15) is 5.10 Å². The maximum Gasteiger partial charge on any atom is 0.256 e. The summed E-state index contributed by atoms with van der Waals surface area (Å²) in [6, 6.07) is 12.0. The highest BCUT2D eigenvalue weighted by Gasteiger charge is 2.22. The van der Waals surface area contributed by atoms with Crippen molar-refractivity contribution in [2.45, 2.75) is 33.4 Å². The van der Waals surface area contributed by atoms with Crippen LogP contribution in [-0.4, -0.2) is 15.7 Å². The van der Waals surface area contributed by atoms with Gasteiger partial charge in [0.25, 0.3) is 5.91 Å². The van der Waals surface area contributed by atoms with Crippen LogP contribution in [0.3, 0.4) is 0 Å². The summed E-state index contributed by atoms with van der Waals surface area (Å²) in [5, 5.41) is 7.57. The van der Waals surface area contributed by atoms with E-state index in [9.17, 15) is 9.18 Å². The van der Waals surface area contributed by atoms with E-state index >= 15 is 0 Å². The van der Waals surface area contributed by atoms with Crippen molar-refractivity contribution in [3.8, 4) is 0 Å². The van der Waals surface area contributed by atoms with E-state index in [-0.39, 0.29) is 22.1 Å². The van der Waals surface area contributed by atoms with Gasteiger partial charge in [-0.25, -0.2) is 9.07 Å². The quantitative estimate of drug-likeness (QED) is 0.594. The molecule has 0 saturated heterocycles. The molecule has 0 aliphatic heterocycles. The molecule has 0 spiro atoms. The van der Waals surface area contributed by atoms with E-state index in [2.05, 4.69) is 10.4 Å². The Bertz CT molecular complexity index is 1020. The number of benzene rings is 2. The number of rotatable bonds is 5. The number of carbonyl (C=O) groups is 1. The van der Waals surface area contributed by atoms with Crippen LogP contribution < -0.4 is 5.32 Å². The van der Waals surface area contributed by atoms with Crippen molar-refractivity contribution in [2.24, 2.45) is 0 Å². The molecule has 3 aromatic rings. The topological polar surface area (TPSA) is 46.9 Å². The van der Waals surface area contributed by atoms with Crippen LogP contribution in [0.25, 0.3) is 0 Å². The Hall–Kier alpha value is -2.37. The zero-order valence-electron chi connectivity index (χ0n) is 15.8. The van der Waals surface area contributed by atoms with Gasteiger partial charge in [0, 0.05) is 0 Å². The van der Waals surface area contributed by atoms with Gasteiger partial charge >= 0.3 is 0 Å². The third-order valence-corrected chi connectivity index (χ3v) is 5.21. The highest BCUT2D eigenvalue weighted by atomic mass is 35.5. The van der Waals surface area contributed by atoms with E-state index < -0.39 is 5.82 Å². The SMILES string of the molecule is Cc1ccc(Cn2nc(C)c(C(=O)NC(C)c3ccc(F)c(Cl)c3)c2Cl)cc1. The van der Waals surface area contributed by atoms with Crippen LogP contribution in [0.2, 0.25) is 10.2 Å². The normalized spacial score (nSPS) is 12.1. The molecular formula is C21H20Cl2FN3O. The minimum Gasteiger partial charge on any atom is -0.345 e. The molecule has 0 aliphatic carbocycles. The molecule has 4 nitrogen and oxygen atoms in total. The molecule has 7 heteroatoms. The van der Waals surface area contributed by atoms with Crippen LogP contribution in [0.5, 0.6) is 0 Å². The monoisotopic (exact) mass is 419 g/mol. The second-order valence-electron chi connectivity index (χ2n) is 6.76. The Morgan fingerprint density at radius 3 is 2.50 bits per heavy atom. The van der Waals surface area contributed by atoms with Gasteiger partial charge in [-0.15, -0.1) is 0 Å². The maximum absolute atomic E-state index is 13.4. The summed E-state index contributed by atoms with van der Waals surface area (Å²) in [7, 11) is 0. The van der Waals surface area contributed by atoms with E-state index in [4.69, 9.17) is 23.2 Å². The molecule has 146 valence electrons. The maximum atomic E-state index is 13.4. The molecule has 1 N–H and O–H groups in total. The standard InChI is InChI=1S/C21H20Cl2FN3O/c1-12-4-6-15(7-5-12)11-27-20(23)19(14(3)26-27)21(28)25-13(2)16-8-9-18(24)17(22)10-16/h4-10,13H,11H2,1-3H3,(H,25,28). The van der Waals surface area contributed by atoms with Gasteiger partial charge < -0.3 is 5.32 Å². The van der Waals surface area contributed by atoms with Gasteiger partial charge in [-0.05, 0) is 44.0 Å². The zero-order chi connectivity index (χ0) is 20.4. The molecule has 1 unspecified atom stereocenters. The molecule has 0 radical (unpaired) electrons. The molecule has 2 aromatic carbocycles. The van der Waals surface area contributed by atoms with Crippen molar-refractivity contribution in [1.29, 1.82) is 0 Å². The van der Waals surface area contributed by atoms with E-state index in [1.807, 2.05) is 31.2 Å². The lowest BCUT2D eigenvalue weighted by Gasteiger charge is -2.15. The lowest BCUT2D eigenvalue weighted by atomic mass is 10.1. The van der Waals surface area contributed by atoms with Crippen LogP contribution in [0, 0.1) is 19.7 Å². The van der Waals surface area contributed by atoms with Crippen LogP contribution in [-0.2, 0) is 6.54 Å². The Balaban J connectivity index is 1.78. The lowest BCUT2D eigenvalue weighted by molar-refractivity contribution is 0.0939. The van der Waals surface area contributed by atoms with Crippen molar-refractivity contribution in [1.82, 2.24) is 15.1 Å².